The van der Waals surface area contributed by atoms with Gasteiger partial charge in [0, 0.05) is 5.56 Å². The van der Waals surface area contributed by atoms with Crippen molar-refractivity contribution in [3.05, 3.63) is 58.6 Å². The number of hydrazine groups is 1. The maximum absolute atomic E-state index is 12.6. The summed E-state index contributed by atoms with van der Waals surface area (Å²) in [7, 11) is -2.45. The van der Waals surface area contributed by atoms with Crippen LogP contribution in [0.25, 0.3) is 0 Å². The van der Waals surface area contributed by atoms with E-state index >= 15 is 0 Å². The van der Waals surface area contributed by atoms with E-state index in [1.165, 1.54) is 25.2 Å². The number of carbonyl (C=O) groups is 1. The summed E-state index contributed by atoms with van der Waals surface area (Å²) in [6.07, 6.45) is 0.830. The SMILES string of the molecule is CNS(=O)(=O)c1cc(C(=O)NN2c3ccccc3CC2C)ccc1Cl. The summed E-state index contributed by atoms with van der Waals surface area (Å²) >= 11 is 5.96. The van der Waals surface area contributed by atoms with Gasteiger partial charge in [-0.3, -0.25) is 15.2 Å². The monoisotopic (exact) mass is 379 g/mol. The maximum Gasteiger partial charge on any atom is 0.269 e. The fraction of sp³-hybridized carbons (Fsp3) is 0.235. The maximum atomic E-state index is 12.6. The molecule has 1 aliphatic heterocycles. The summed E-state index contributed by atoms with van der Waals surface area (Å²) in [4.78, 5) is 12.5. The van der Waals surface area contributed by atoms with Gasteiger partial charge in [0.15, 0.2) is 0 Å². The molecule has 0 saturated carbocycles. The fourth-order valence-corrected chi connectivity index (χ4v) is 4.12. The van der Waals surface area contributed by atoms with Crippen LogP contribution in [0, 0.1) is 0 Å². The van der Waals surface area contributed by atoms with Gasteiger partial charge >= 0.3 is 0 Å². The number of halogens is 1. The lowest BCUT2D eigenvalue weighted by molar-refractivity contribution is 0.0946. The number of hydrogen-bond acceptors (Lipinski definition) is 4. The van der Waals surface area contributed by atoms with E-state index in [-0.39, 0.29) is 21.5 Å². The highest BCUT2D eigenvalue weighted by Gasteiger charge is 2.27. The predicted octanol–water partition coefficient (Wildman–Crippen LogP) is 2.34. The third kappa shape index (κ3) is 3.35. The Kier molecular flexibility index (Phi) is 4.73. The highest BCUT2D eigenvalue weighted by molar-refractivity contribution is 7.89. The summed E-state index contributed by atoms with van der Waals surface area (Å²) in [5, 5.41) is 1.86. The highest BCUT2D eigenvalue weighted by Crippen LogP contribution is 2.30. The van der Waals surface area contributed by atoms with E-state index < -0.39 is 15.9 Å². The number of hydrogen-bond donors (Lipinski definition) is 2. The number of carbonyl (C=O) groups excluding carboxylic acids is 1. The molecule has 25 heavy (non-hydrogen) atoms. The van der Waals surface area contributed by atoms with Crippen LogP contribution >= 0.6 is 11.6 Å². The molecule has 8 heteroatoms. The van der Waals surface area contributed by atoms with Crippen LogP contribution < -0.4 is 15.2 Å². The van der Waals surface area contributed by atoms with E-state index in [0.717, 1.165) is 17.7 Å². The first-order valence-electron chi connectivity index (χ1n) is 7.74. The van der Waals surface area contributed by atoms with Gasteiger partial charge in [0.05, 0.1) is 16.8 Å². The van der Waals surface area contributed by atoms with Gasteiger partial charge in [-0.15, -0.1) is 0 Å². The molecule has 1 aliphatic rings. The van der Waals surface area contributed by atoms with Gasteiger partial charge in [-0.05, 0) is 50.2 Å². The van der Waals surface area contributed by atoms with Crippen LogP contribution in [0.15, 0.2) is 47.4 Å². The second-order valence-corrected chi connectivity index (χ2v) is 8.11. The van der Waals surface area contributed by atoms with Crippen LogP contribution in [0.4, 0.5) is 5.69 Å². The van der Waals surface area contributed by atoms with Gasteiger partial charge < -0.3 is 0 Å². The molecule has 3 rings (SSSR count). The quantitative estimate of drug-likeness (QED) is 0.854. The molecule has 0 spiro atoms. The van der Waals surface area contributed by atoms with Crippen molar-refractivity contribution in [2.75, 3.05) is 12.1 Å². The minimum atomic E-state index is -3.75. The second kappa shape index (κ2) is 6.67. The third-order valence-corrected chi connectivity index (χ3v) is 6.08. The Balaban J connectivity index is 1.89. The number of amides is 1. The number of anilines is 1. The molecule has 0 radical (unpaired) electrons. The molecular formula is C17H18ClN3O3S. The first-order chi connectivity index (χ1) is 11.8. The Hall–Kier alpha value is -2.09. The fourth-order valence-electron chi connectivity index (χ4n) is 2.87. The minimum Gasteiger partial charge on any atom is -0.282 e. The third-order valence-electron chi connectivity index (χ3n) is 4.18. The number of nitrogens with one attached hydrogen (secondary N) is 2. The van der Waals surface area contributed by atoms with Crippen molar-refractivity contribution in [1.29, 1.82) is 0 Å². The number of fused-ring (bicyclic) bond motifs is 1. The molecule has 0 fully saturated rings. The first-order valence-corrected chi connectivity index (χ1v) is 9.61. The van der Waals surface area contributed by atoms with Crippen molar-refractivity contribution in [1.82, 2.24) is 10.1 Å². The molecule has 2 N–H and O–H groups in total. The summed E-state index contributed by atoms with van der Waals surface area (Å²) in [6.45, 7) is 2.01. The average molecular weight is 380 g/mol. The molecule has 1 atom stereocenters. The van der Waals surface area contributed by atoms with Crippen LogP contribution in [-0.2, 0) is 16.4 Å². The lowest BCUT2D eigenvalue weighted by atomic mass is 10.1. The van der Waals surface area contributed by atoms with Gasteiger partial charge in [0.25, 0.3) is 5.91 Å². The Morgan fingerprint density at radius 2 is 1.96 bits per heavy atom. The average Bonchev–Trinajstić information content (AvgIpc) is 2.90. The molecule has 132 valence electrons. The van der Waals surface area contributed by atoms with E-state index in [2.05, 4.69) is 10.1 Å². The van der Waals surface area contributed by atoms with Crippen molar-refractivity contribution in [2.45, 2.75) is 24.3 Å². The number of rotatable bonds is 4. The van der Waals surface area contributed by atoms with Gasteiger partial charge in [-0.25, -0.2) is 13.1 Å². The molecule has 2 aromatic rings. The van der Waals surface area contributed by atoms with E-state index in [0.29, 0.717) is 0 Å². The molecule has 0 aromatic heterocycles. The number of para-hydroxylation sites is 1. The normalized spacial score (nSPS) is 16.6. The Morgan fingerprint density at radius 1 is 1.24 bits per heavy atom. The lowest BCUT2D eigenvalue weighted by Gasteiger charge is -2.25. The molecule has 0 bridgehead atoms. The molecular weight excluding hydrogens is 362 g/mol. The summed E-state index contributed by atoms with van der Waals surface area (Å²) in [6, 6.07) is 12.1. The van der Waals surface area contributed by atoms with Crippen molar-refractivity contribution < 1.29 is 13.2 Å². The smallest absolute Gasteiger partial charge is 0.269 e. The molecule has 1 unspecified atom stereocenters. The zero-order valence-electron chi connectivity index (χ0n) is 13.8. The van der Waals surface area contributed by atoms with E-state index in [4.69, 9.17) is 11.6 Å². The van der Waals surface area contributed by atoms with Crippen LogP contribution in [0.2, 0.25) is 5.02 Å². The van der Waals surface area contributed by atoms with Crippen molar-refractivity contribution in [3.63, 3.8) is 0 Å². The zero-order chi connectivity index (χ0) is 18.2. The molecule has 1 heterocycles. The van der Waals surface area contributed by atoms with Crippen LogP contribution in [0.3, 0.4) is 0 Å². The largest absolute Gasteiger partial charge is 0.282 e. The van der Waals surface area contributed by atoms with Crippen molar-refractivity contribution >= 4 is 33.2 Å². The number of sulfonamides is 1. The second-order valence-electron chi connectivity index (χ2n) is 5.85. The van der Waals surface area contributed by atoms with E-state index in [1.807, 2.05) is 31.2 Å². The van der Waals surface area contributed by atoms with Crippen LogP contribution in [-0.4, -0.2) is 27.4 Å². The highest BCUT2D eigenvalue weighted by atomic mass is 35.5. The first kappa shape index (κ1) is 17.7. The van der Waals surface area contributed by atoms with Gasteiger partial charge in [0.2, 0.25) is 10.0 Å². The standard InChI is InChI=1S/C17H18ClN3O3S/c1-11-9-12-5-3-4-6-15(12)21(11)20-17(22)13-7-8-14(18)16(10-13)25(23,24)19-2/h3-8,10-11,19H,9H2,1-2H3,(H,20,22). The molecule has 6 nitrogen and oxygen atoms in total. The summed E-state index contributed by atoms with van der Waals surface area (Å²) in [5.74, 6) is -0.396. The Morgan fingerprint density at radius 3 is 2.68 bits per heavy atom. The van der Waals surface area contributed by atoms with Crippen molar-refractivity contribution in [2.24, 2.45) is 0 Å². The van der Waals surface area contributed by atoms with E-state index in [9.17, 15) is 13.2 Å². The van der Waals surface area contributed by atoms with Gasteiger partial charge in [-0.1, -0.05) is 29.8 Å². The Labute approximate surface area is 151 Å². The minimum absolute atomic E-state index is 0.0609. The topological polar surface area (TPSA) is 78.5 Å². The summed E-state index contributed by atoms with van der Waals surface area (Å²) < 4.78 is 26.2. The van der Waals surface area contributed by atoms with Crippen LogP contribution in [0.1, 0.15) is 22.8 Å². The molecule has 0 aliphatic carbocycles. The van der Waals surface area contributed by atoms with Crippen LogP contribution in [0.5, 0.6) is 0 Å². The van der Waals surface area contributed by atoms with E-state index in [1.54, 1.807) is 5.01 Å². The number of nitrogens with zero attached hydrogens (tertiary/aromatic N) is 1. The molecule has 0 saturated heterocycles. The predicted molar refractivity (Wildman–Crippen MR) is 97.3 cm³/mol. The van der Waals surface area contributed by atoms with Crippen molar-refractivity contribution in [3.8, 4) is 0 Å². The summed E-state index contributed by atoms with van der Waals surface area (Å²) in [5.41, 5.74) is 5.17. The zero-order valence-corrected chi connectivity index (χ0v) is 15.4. The lowest BCUT2D eigenvalue weighted by Crippen LogP contribution is -2.45. The Bertz CT molecular complexity index is 930. The molecule has 2 aromatic carbocycles. The van der Waals surface area contributed by atoms with Gasteiger partial charge in [0.1, 0.15) is 4.90 Å². The van der Waals surface area contributed by atoms with Gasteiger partial charge in [-0.2, -0.15) is 0 Å². The number of benzene rings is 2. The molecule has 1 amide bonds.